The zero-order valence-electron chi connectivity index (χ0n) is 17.0. The van der Waals surface area contributed by atoms with Crippen molar-refractivity contribution in [1.29, 1.82) is 0 Å². The summed E-state index contributed by atoms with van der Waals surface area (Å²) in [6.07, 6.45) is -3.98. The smallest absolute Gasteiger partial charge is 0.422 e. The maximum atomic E-state index is 14.2. The van der Waals surface area contributed by atoms with E-state index in [2.05, 4.69) is 4.98 Å². The molecule has 174 valence electrons. The van der Waals surface area contributed by atoms with Gasteiger partial charge in [0.2, 0.25) is 5.88 Å². The number of benzene rings is 1. The first-order chi connectivity index (χ1) is 15.0. The van der Waals surface area contributed by atoms with E-state index in [0.717, 1.165) is 18.3 Å². The minimum absolute atomic E-state index is 0.00527. The third kappa shape index (κ3) is 5.11. The molecule has 1 aromatic heterocycles. The number of amides is 1. The van der Waals surface area contributed by atoms with E-state index in [1.54, 1.807) is 0 Å². The summed E-state index contributed by atoms with van der Waals surface area (Å²) in [5, 5.41) is 11.2. The number of carbonyl (C=O) groups excluding carboxylic acids is 1. The molecule has 0 spiro atoms. The highest BCUT2D eigenvalue weighted by atomic mass is 35.5. The van der Waals surface area contributed by atoms with Crippen LogP contribution in [0.2, 0.25) is 10.0 Å². The minimum atomic E-state index is -5.06. The van der Waals surface area contributed by atoms with Crippen LogP contribution in [-0.4, -0.2) is 60.0 Å². The summed E-state index contributed by atoms with van der Waals surface area (Å²) in [7, 11) is 0. The number of ether oxygens (including phenoxy) is 2. The SMILES string of the molecule is CC(c1ccc(Cl)cc1Cl)C(O)(c1ccnc(OCC(=O)N2CCOCC2)c1)C(F)(F)F. The summed E-state index contributed by atoms with van der Waals surface area (Å²) >= 11 is 12.0. The number of hydrogen-bond donors (Lipinski definition) is 1. The molecule has 1 N–H and O–H groups in total. The van der Waals surface area contributed by atoms with Crippen LogP contribution < -0.4 is 4.74 Å². The predicted molar refractivity (Wildman–Crippen MR) is 112 cm³/mol. The van der Waals surface area contributed by atoms with Gasteiger partial charge in [-0.05, 0) is 23.8 Å². The molecular formula is C21H21Cl2F3N2O4. The fraction of sp³-hybridized carbons (Fsp3) is 0.429. The molecule has 2 heterocycles. The summed E-state index contributed by atoms with van der Waals surface area (Å²) in [4.78, 5) is 17.6. The van der Waals surface area contributed by atoms with Gasteiger partial charge in [0.1, 0.15) is 0 Å². The number of halogens is 5. The second-order valence-electron chi connectivity index (χ2n) is 7.32. The van der Waals surface area contributed by atoms with Crippen molar-refractivity contribution >= 4 is 29.1 Å². The standard InChI is InChI=1S/C21H21Cl2F3N2O4/c1-13(16-3-2-15(22)11-17(16)23)20(30,21(24,25)26)14-4-5-27-18(10-14)32-12-19(29)28-6-8-31-9-7-28/h2-5,10-11,13,30H,6-9,12H2,1H3. The van der Waals surface area contributed by atoms with E-state index >= 15 is 0 Å². The summed E-state index contributed by atoms with van der Waals surface area (Å²) in [5.41, 5.74) is -3.73. The van der Waals surface area contributed by atoms with Crippen LogP contribution in [0.25, 0.3) is 0 Å². The molecule has 2 aromatic rings. The Labute approximate surface area is 192 Å². The van der Waals surface area contributed by atoms with Gasteiger partial charge in [0.25, 0.3) is 5.91 Å². The summed E-state index contributed by atoms with van der Waals surface area (Å²) in [6.45, 7) is 2.43. The van der Waals surface area contributed by atoms with Crippen molar-refractivity contribution in [1.82, 2.24) is 9.88 Å². The molecule has 6 nitrogen and oxygen atoms in total. The number of nitrogens with zero attached hydrogens (tertiary/aromatic N) is 2. The van der Waals surface area contributed by atoms with Crippen molar-refractivity contribution in [2.45, 2.75) is 24.6 Å². The second-order valence-corrected chi connectivity index (χ2v) is 8.16. The first kappa shape index (κ1) is 24.6. The Balaban J connectivity index is 1.87. The normalized spacial score (nSPS) is 17.5. The van der Waals surface area contributed by atoms with Crippen molar-refractivity contribution < 1.29 is 32.5 Å². The van der Waals surface area contributed by atoms with Crippen molar-refractivity contribution in [3.8, 4) is 5.88 Å². The fourth-order valence-corrected chi connectivity index (χ4v) is 4.07. The van der Waals surface area contributed by atoms with E-state index in [4.69, 9.17) is 32.7 Å². The van der Waals surface area contributed by atoms with Gasteiger partial charge >= 0.3 is 6.18 Å². The second kappa shape index (κ2) is 9.82. The van der Waals surface area contributed by atoms with Gasteiger partial charge in [-0.2, -0.15) is 13.2 Å². The molecule has 1 fully saturated rings. The number of hydrogen-bond acceptors (Lipinski definition) is 5. The molecule has 1 aliphatic heterocycles. The largest absolute Gasteiger partial charge is 0.468 e. The monoisotopic (exact) mass is 492 g/mol. The van der Waals surface area contributed by atoms with Crippen LogP contribution in [0.15, 0.2) is 36.5 Å². The third-order valence-corrected chi connectivity index (χ3v) is 5.93. The van der Waals surface area contributed by atoms with Crippen LogP contribution in [0.3, 0.4) is 0 Å². The molecule has 0 saturated carbocycles. The zero-order chi connectivity index (χ0) is 23.5. The van der Waals surface area contributed by atoms with Gasteiger partial charge in [0.05, 0.1) is 13.2 Å². The number of aliphatic hydroxyl groups is 1. The van der Waals surface area contributed by atoms with E-state index < -0.39 is 29.9 Å². The summed E-state index contributed by atoms with van der Waals surface area (Å²) in [5.74, 6) is -2.05. The maximum absolute atomic E-state index is 14.2. The molecule has 0 bridgehead atoms. The average Bonchev–Trinajstić information content (AvgIpc) is 2.76. The average molecular weight is 493 g/mol. The highest BCUT2D eigenvalue weighted by molar-refractivity contribution is 6.35. The lowest BCUT2D eigenvalue weighted by molar-refractivity contribution is -0.274. The molecule has 1 amide bonds. The van der Waals surface area contributed by atoms with Crippen LogP contribution in [0.5, 0.6) is 5.88 Å². The van der Waals surface area contributed by atoms with Gasteiger partial charge in [0.15, 0.2) is 12.2 Å². The Morgan fingerprint density at radius 1 is 1.25 bits per heavy atom. The Kier molecular flexibility index (Phi) is 7.54. The van der Waals surface area contributed by atoms with Crippen LogP contribution in [0, 0.1) is 0 Å². The van der Waals surface area contributed by atoms with E-state index in [0.29, 0.717) is 26.3 Å². The van der Waals surface area contributed by atoms with E-state index in [1.807, 2.05) is 0 Å². The quantitative estimate of drug-likeness (QED) is 0.654. The molecule has 2 atom stereocenters. The predicted octanol–water partition coefficient (Wildman–Crippen LogP) is 4.18. The molecule has 11 heteroatoms. The molecule has 3 rings (SSSR count). The molecule has 0 aliphatic carbocycles. The van der Waals surface area contributed by atoms with Gasteiger partial charge in [-0.25, -0.2) is 4.98 Å². The number of carbonyl (C=O) groups is 1. The first-order valence-electron chi connectivity index (χ1n) is 9.73. The highest BCUT2D eigenvalue weighted by Crippen LogP contribution is 2.50. The van der Waals surface area contributed by atoms with E-state index in [1.165, 1.54) is 30.0 Å². The Hall–Kier alpha value is -2.07. The lowest BCUT2D eigenvalue weighted by atomic mass is 9.78. The van der Waals surface area contributed by atoms with Crippen LogP contribution >= 0.6 is 23.2 Å². The molecule has 32 heavy (non-hydrogen) atoms. The third-order valence-electron chi connectivity index (χ3n) is 5.37. The number of morpholine rings is 1. The van der Waals surface area contributed by atoms with Gasteiger partial charge in [-0.15, -0.1) is 0 Å². The van der Waals surface area contributed by atoms with Crippen molar-refractivity contribution in [3.05, 3.63) is 57.7 Å². The fourth-order valence-electron chi connectivity index (χ4n) is 3.50. The molecular weight excluding hydrogens is 472 g/mol. The van der Waals surface area contributed by atoms with Gasteiger partial charge < -0.3 is 19.5 Å². The van der Waals surface area contributed by atoms with Crippen LogP contribution in [0.1, 0.15) is 24.0 Å². The lowest BCUT2D eigenvalue weighted by Gasteiger charge is -2.37. The van der Waals surface area contributed by atoms with Crippen molar-refractivity contribution in [2.75, 3.05) is 32.9 Å². The number of pyridine rings is 1. The van der Waals surface area contributed by atoms with Crippen molar-refractivity contribution in [2.24, 2.45) is 0 Å². The van der Waals surface area contributed by atoms with Gasteiger partial charge in [-0.3, -0.25) is 4.79 Å². The number of aromatic nitrogens is 1. The molecule has 1 aliphatic rings. The Morgan fingerprint density at radius 3 is 2.56 bits per heavy atom. The summed E-state index contributed by atoms with van der Waals surface area (Å²) in [6, 6.07) is 6.06. The van der Waals surface area contributed by atoms with E-state index in [-0.39, 0.29) is 27.4 Å². The van der Waals surface area contributed by atoms with Gasteiger partial charge in [-0.1, -0.05) is 36.2 Å². The number of alkyl halides is 3. The Bertz CT molecular complexity index is 970. The van der Waals surface area contributed by atoms with Crippen LogP contribution in [0.4, 0.5) is 13.2 Å². The Morgan fingerprint density at radius 2 is 1.94 bits per heavy atom. The number of rotatable bonds is 6. The topological polar surface area (TPSA) is 71.9 Å². The lowest BCUT2D eigenvalue weighted by Crippen LogP contribution is -2.46. The molecule has 1 saturated heterocycles. The zero-order valence-corrected chi connectivity index (χ0v) is 18.5. The maximum Gasteiger partial charge on any atom is 0.422 e. The summed E-state index contributed by atoms with van der Waals surface area (Å²) < 4.78 is 53.0. The highest BCUT2D eigenvalue weighted by Gasteiger charge is 2.59. The van der Waals surface area contributed by atoms with E-state index in [9.17, 15) is 23.1 Å². The van der Waals surface area contributed by atoms with Gasteiger partial charge in [0, 0.05) is 46.9 Å². The van der Waals surface area contributed by atoms with Crippen molar-refractivity contribution in [3.63, 3.8) is 0 Å². The molecule has 1 aromatic carbocycles. The molecule has 0 radical (unpaired) electrons. The molecule has 2 unspecified atom stereocenters. The van der Waals surface area contributed by atoms with Crippen LogP contribution in [-0.2, 0) is 15.1 Å². The first-order valence-corrected chi connectivity index (χ1v) is 10.5. The minimum Gasteiger partial charge on any atom is -0.468 e.